The minimum absolute atomic E-state index is 0.236. The van der Waals surface area contributed by atoms with E-state index in [9.17, 15) is 9.50 Å². The number of hydrogen-bond acceptors (Lipinski definition) is 5. The Morgan fingerprint density at radius 3 is 2.84 bits per heavy atom. The van der Waals surface area contributed by atoms with Gasteiger partial charge in [-0.15, -0.1) is 11.3 Å². The fraction of sp³-hybridized carbons (Fsp3) is 0.263. The first-order valence-corrected chi connectivity index (χ1v) is 8.91. The van der Waals surface area contributed by atoms with E-state index >= 15 is 0 Å². The summed E-state index contributed by atoms with van der Waals surface area (Å²) in [7, 11) is 0. The normalized spacial score (nSPS) is 24.9. The number of rotatable bonds is 3. The number of aliphatic imine (C=N–C) groups is 1. The van der Waals surface area contributed by atoms with Gasteiger partial charge < -0.3 is 10.4 Å². The van der Waals surface area contributed by atoms with Gasteiger partial charge >= 0.3 is 0 Å². The van der Waals surface area contributed by atoms with Gasteiger partial charge in [-0.05, 0) is 31.5 Å². The van der Waals surface area contributed by atoms with Gasteiger partial charge in [-0.25, -0.2) is 9.37 Å². The molecule has 0 radical (unpaired) electrons. The van der Waals surface area contributed by atoms with Crippen molar-refractivity contribution in [1.29, 1.82) is 0 Å². The second-order valence-corrected chi connectivity index (χ2v) is 7.71. The first kappa shape index (κ1) is 16.0. The molecule has 0 fully saturated rings. The van der Waals surface area contributed by atoms with E-state index in [-0.39, 0.29) is 23.2 Å². The van der Waals surface area contributed by atoms with Crippen LogP contribution in [0, 0.1) is 5.82 Å². The number of fused-ring (bicyclic) bond motifs is 1. The molecule has 2 atom stereocenters. The summed E-state index contributed by atoms with van der Waals surface area (Å²) in [6.07, 6.45) is 6.45. The number of nitrogens with zero attached hydrogens (tertiary/aromatic N) is 2. The summed E-state index contributed by atoms with van der Waals surface area (Å²) in [4.78, 5) is 10.0. The fourth-order valence-electron chi connectivity index (χ4n) is 3.28. The third-order valence-corrected chi connectivity index (χ3v) is 5.58. The lowest BCUT2D eigenvalue weighted by molar-refractivity contribution is 0.325. The number of hydrogen-bond donors (Lipinski definition) is 2. The maximum Gasteiger partial charge on any atom is 0.136 e. The van der Waals surface area contributed by atoms with E-state index < -0.39 is 0 Å². The lowest BCUT2D eigenvalue weighted by Crippen LogP contribution is -2.47. The molecule has 2 aliphatic rings. The average Bonchev–Trinajstić information content (AvgIpc) is 3.14. The van der Waals surface area contributed by atoms with E-state index in [0.717, 1.165) is 26.9 Å². The number of allylic oxidation sites excluding steroid dienone is 2. The lowest BCUT2D eigenvalue weighted by Gasteiger charge is -2.30. The van der Waals surface area contributed by atoms with Crippen molar-refractivity contribution in [2.75, 3.05) is 0 Å². The molecule has 1 aromatic heterocycles. The summed E-state index contributed by atoms with van der Waals surface area (Å²) >= 11 is 1.53. The van der Waals surface area contributed by atoms with Crippen molar-refractivity contribution >= 4 is 22.7 Å². The molecule has 2 N–H and O–H groups in total. The minimum Gasteiger partial charge on any atom is -0.509 e. The van der Waals surface area contributed by atoms with Gasteiger partial charge in [-0.2, -0.15) is 0 Å². The highest BCUT2D eigenvalue weighted by molar-refractivity contribution is 7.12. The molecular weight excluding hydrogens is 337 g/mol. The van der Waals surface area contributed by atoms with Crippen LogP contribution in [0.1, 0.15) is 29.3 Å². The van der Waals surface area contributed by atoms with E-state index in [0.29, 0.717) is 6.42 Å². The van der Waals surface area contributed by atoms with Gasteiger partial charge in [0.15, 0.2) is 0 Å². The SMILES string of the molecule is CC1=NC2C(O)=C(c3ncc(Cc4ccc(F)cc4)s3)C=CC2(C)N1. The monoisotopic (exact) mass is 355 g/mol. The number of aliphatic hydroxyl groups excluding tert-OH is 1. The van der Waals surface area contributed by atoms with Gasteiger partial charge in [0.2, 0.25) is 0 Å². The van der Waals surface area contributed by atoms with Crippen LogP contribution in [0.2, 0.25) is 0 Å². The van der Waals surface area contributed by atoms with Gasteiger partial charge in [0.25, 0.3) is 0 Å². The topological polar surface area (TPSA) is 57.5 Å². The summed E-state index contributed by atoms with van der Waals surface area (Å²) in [5.74, 6) is 0.832. The van der Waals surface area contributed by atoms with Crippen molar-refractivity contribution in [2.45, 2.75) is 31.8 Å². The fourth-order valence-corrected chi connectivity index (χ4v) is 4.26. The van der Waals surface area contributed by atoms with Crippen LogP contribution in [0.5, 0.6) is 0 Å². The highest BCUT2D eigenvalue weighted by atomic mass is 32.1. The van der Waals surface area contributed by atoms with Crippen LogP contribution in [-0.4, -0.2) is 27.5 Å². The van der Waals surface area contributed by atoms with Crippen molar-refractivity contribution in [2.24, 2.45) is 4.99 Å². The van der Waals surface area contributed by atoms with Crippen LogP contribution in [0.25, 0.3) is 5.57 Å². The molecule has 4 rings (SSSR count). The Morgan fingerprint density at radius 2 is 2.08 bits per heavy atom. The van der Waals surface area contributed by atoms with Crippen molar-refractivity contribution < 1.29 is 9.50 Å². The van der Waals surface area contributed by atoms with Crippen LogP contribution < -0.4 is 5.32 Å². The molecule has 2 heterocycles. The Kier molecular flexibility index (Phi) is 3.72. The number of aromatic nitrogens is 1. The van der Waals surface area contributed by atoms with Crippen LogP contribution in [0.3, 0.4) is 0 Å². The molecule has 0 spiro atoms. The van der Waals surface area contributed by atoms with E-state index in [4.69, 9.17) is 0 Å². The van der Waals surface area contributed by atoms with Gasteiger partial charge in [-0.1, -0.05) is 24.3 Å². The molecule has 0 saturated carbocycles. The molecular formula is C19H18FN3OS. The molecule has 6 heteroatoms. The number of thiazole rings is 1. The third-order valence-electron chi connectivity index (χ3n) is 4.55. The summed E-state index contributed by atoms with van der Waals surface area (Å²) in [5, 5.41) is 14.8. The smallest absolute Gasteiger partial charge is 0.136 e. The van der Waals surface area contributed by atoms with Gasteiger partial charge in [0.1, 0.15) is 22.6 Å². The average molecular weight is 355 g/mol. The first-order valence-electron chi connectivity index (χ1n) is 8.09. The number of amidine groups is 1. The van der Waals surface area contributed by atoms with Crippen molar-refractivity contribution in [1.82, 2.24) is 10.3 Å². The predicted octanol–water partition coefficient (Wildman–Crippen LogP) is 3.86. The maximum atomic E-state index is 13.0. The molecule has 128 valence electrons. The summed E-state index contributed by atoms with van der Waals surface area (Å²) in [6, 6.07) is 6.16. The molecule has 1 aliphatic heterocycles. The Hall–Kier alpha value is -2.47. The van der Waals surface area contributed by atoms with Gasteiger partial charge in [0.05, 0.1) is 16.9 Å². The Balaban J connectivity index is 1.61. The Labute approximate surface area is 149 Å². The molecule has 25 heavy (non-hydrogen) atoms. The number of halogens is 1. The molecule has 4 nitrogen and oxygen atoms in total. The molecule has 2 unspecified atom stereocenters. The van der Waals surface area contributed by atoms with E-state index in [1.54, 1.807) is 12.1 Å². The van der Waals surface area contributed by atoms with Gasteiger partial charge in [0, 0.05) is 17.5 Å². The van der Waals surface area contributed by atoms with Crippen LogP contribution in [0.15, 0.2) is 53.4 Å². The lowest BCUT2D eigenvalue weighted by atomic mass is 9.85. The highest BCUT2D eigenvalue weighted by Gasteiger charge is 2.43. The second kappa shape index (κ2) is 5.81. The number of aliphatic hydroxyl groups is 1. The largest absolute Gasteiger partial charge is 0.509 e. The zero-order chi connectivity index (χ0) is 17.6. The van der Waals surface area contributed by atoms with Crippen LogP contribution in [-0.2, 0) is 6.42 Å². The summed E-state index contributed by atoms with van der Waals surface area (Å²) in [6.45, 7) is 3.91. The number of benzene rings is 1. The molecule has 1 aliphatic carbocycles. The van der Waals surface area contributed by atoms with Crippen molar-refractivity contribution in [3.05, 3.63) is 69.6 Å². The van der Waals surface area contributed by atoms with Crippen molar-refractivity contribution in [3.63, 3.8) is 0 Å². The van der Waals surface area contributed by atoms with E-state index in [2.05, 4.69) is 15.3 Å². The highest BCUT2D eigenvalue weighted by Crippen LogP contribution is 2.37. The number of nitrogens with one attached hydrogen (secondary N) is 1. The van der Waals surface area contributed by atoms with Crippen LogP contribution in [0.4, 0.5) is 4.39 Å². The molecule has 0 bridgehead atoms. The molecule has 2 aromatic rings. The molecule has 1 aromatic carbocycles. The maximum absolute atomic E-state index is 13.0. The minimum atomic E-state index is -0.383. The standard InChI is InChI=1S/C19H18FN3OS/c1-11-22-17-16(24)15(7-8-19(17,2)23-11)18-21-10-14(25-18)9-12-3-5-13(20)6-4-12/h3-8,10,17,24H,9H2,1-2H3,(H,22,23). The summed E-state index contributed by atoms with van der Waals surface area (Å²) in [5.41, 5.74) is 1.37. The van der Waals surface area contributed by atoms with E-state index in [1.165, 1.54) is 23.5 Å². The van der Waals surface area contributed by atoms with Gasteiger partial charge in [-0.3, -0.25) is 4.99 Å². The second-order valence-electron chi connectivity index (χ2n) is 6.59. The zero-order valence-corrected chi connectivity index (χ0v) is 14.8. The predicted molar refractivity (Wildman–Crippen MR) is 98.4 cm³/mol. The summed E-state index contributed by atoms with van der Waals surface area (Å²) < 4.78 is 13.0. The molecule has 0 saturated heterocycles. The zero-order valence-electron chi connectivity index (χ0n) is 14.0. The first-order chi connectivity index (χ1) is 11.9. The Morgan fingerprint density at radius 1 is 1.32 bits per heavy atom. The Bertz CT molecular complexity index is 913. The third kappa shape index (κ3) is 2.87. The van der Waals surface area contributed by atoms with Crippen LogP contribution >= 0.6 is 11.3 Å². The van der Waals surface area contributed by atoms with E-state index in [1.807, 2.05) is 32.2 Å². The van der Waals surface area contributed by atoms with Crippen molar-refractivity contribution in [3.8, 4) is 0 Å². The molecule has 0 amide bonds. The quantitative estimate of drug-likeness (QED) is 0.879.